The van der Waals surface area contributed by atoms with Crippen molar-refractivity contribution in [1.82, 2.24) is 4.31 Å². The van der Waals surface area contributed by atoms with E-state index in [9.17, 15) is 22.2 Å². The Morgan fingerprint density at radius 3 is 2.80 bits per heavy atom. The average molecular weight is 459 g/mol. The molecule has 3 aliphatic rings. The summed E-state index contributed by atoms with van der Waals surface area (Å²) in [7, 11) is -2.30. The van der Waals surface area contributed by atoms with Crippen LogP contribution in [-0.4, -0.2) is 74.2 Å². The van der Waals surface area contributed by atoms with Crippen molar-refractivity contribution in [3.63, 3.8) is 0 Å². The van der Waals surface area contributed by atoms with Crippen molar-refractivity contribution in [3.8, 4) is 0 Å². The van der Waals surface area contributed by atoms with Crippen LogP contribution >= 0.6 is 0 Å². The molecular weight excluding hydrogens is 436 g/mol. The van der Waals surface area contributed by atoms with E-state index in [-0.39, 0.29) is 29.7 Å². The molecule has 0 spiro atoms. The number of methoxy groups -OCH3 is 1. The fourth-order valence-corrected chi connectivity index (χ4v) is 6.38. The SMILES string of the molecule is COC[C@@H]1CCCN1S(=O)(=O)c1ccc2c(c1)C(=O)C(=O)N2CC[C@H]1COS(=O)O1. The zero-order valence-corrected chi connectivity index (χ0v) is 17.9. The van der Waals surface area contributed by atoms with E-state index < -0.39 is 39.2 Å². The van der Waals surface area contributed by atoms with Crippen LogP contribution in [0.1, 0.15) is 29.6 Å². The van der Waals surface area contributed by atoms with Crippen LogP contribution < -0.4 is 4.90 Å². The average Bonchev–Trinajstić information content (AvgIpc) is 3.41. The van der Waals surface area contributed by atoms with Crippen molar-refractivity contribution < 1.29 is 35.3 Å². The number of carbonyl (C=O) groups excluding carboxylic acids is 2. The molecule has 2 saturated heterocycles. The Kier molecular flexibility index (Phi) is 6.06. The number of ether oxygens (including phenoxy) is 1. The fourth-order valence-electron chi connectivity index (χ4n) is 3.98. The summed E-state index contributed by atoms with van der Waals surface area (Å²) < 4.78 is 53.8. The van der Waals surface area contributed by atoms with Gasteiger partial charge in [0, 0.05) is 26.2 Å². The molecule has 12 heteroatoms. The maximum absolute atomic E-state index is 13.1. The maximum atomic E-state index is 13.1. The maximum Gasteiger partial charge on any atom is 0.305 e. The minimum absolute atomic E-state index is 0.0184. The highest BCUT2D eigenvalue weighted by atomic mass is 32.2. The highest BCUT2D eigenvalue weighted by Crippen LogP contribution is 2.34. The van der Waals surface area contributed by atoms with E-state index >= 15 is 0 Å². The van der Waals surface area contributed by atoms with Crippen molar-refractivity contribution in [2.45, 2.75) is 36.3 Å². The van der Waals surface area contributed by atoms with E-state index in [2.05, 4.69) is 0 Å². The summed E-state index contributed by atoms with van der Waals surface area (Å²) in [5.74, 6) is -1.47. The molecule has 0 N–H and O–H groups in total. The number of anilines is 1. The van der Waals surface area contributed by atoms with E-state index in [1.807, 2.05) is 0 Å². The number of amides is 1. The third kappa shape index (κ3) is 3.83. The van der Waals surface area contributed by atoms with Crippen molar-refractivity contribution >= 4 is 38.8 Å². The highest BCUT2D eigenvalue weighted by molar-refractivity contribution is 7.89. The Bertz CT molecular complexity index is 996. The molecule has 10 nitrogen and oxygen atoms in total. The quantitative estimate of drug-likeness (QED) is 0.539. The number of nitrogens with zero attached hydrogens (tertiary/aromatic N) is 2. The Hall–Kier alpha value is -1.70. The summed E-state index contributed by atoms with van der Waals surface area (Å²) in [6.07, 6.45) is 1.34. The third-order valence-electron chi connectivity index (χ3n) is 5.47. The van der Waals surface area contributed by atoms with Gasteiger partial charge in [-0.1, -0.05) is 0 Å². The van der Waals surface area contributed by atoms with Crippen LogP contribution in [-0.2, 0) is 39.3 Å². The van der Waals surface area contributed by atoms with E-state index in [4.69, 9.17) is 13.1 Å². The first kappa shape index (κ1) is 21.5. The fraction of sp³-hybridized carbons (Fsp3) is 0.556. The van der Waals surface area contributed by atoms with Crippen LogP contribution in [0.15, 0.2) is 23.1 Å². The molecule has 4 rings (SSSR count). The number of hydrogen-bond acceptors (Lipinski definition) is 8. The van der Waals surface area contributed by atoms with Crippen molar-refractivity contribution in [1.29, 1.82) is 0 Å². The van der Waals surface area contributed by atoms with Gasteiger partial charge < -0.3 is 9.64 Å². The predicted molar refractivity (Wildman–Crippen MR) is 105 cm³/mol. The van der Waals surface area contributed by atoms with Gasteiger partial charge in [-0.05, 0) is 37.5 Å². The predicted octanol–water partition coefficient (Wildman–Crippen LogP) is 0.400. The Morgan fingerprint density at radius 1 is 1.30 bits per heavy atom. The second-order valence-corrected chi connectivity index (χ2v) is 10.1. The third-order valence-corrected chi connectivity index (χ3v) is 8.18. The lowest BCUT2D eigenvalue weighted by Gasteiger charge is -2.24. The number of benzene rings is 1. The van der Waals surface area contributed by atoms with Gasteiger partial charge in [-0.25, -0.2) is 8.42 Å². The van der Waals surface area contributed by atoms with Crippen LogP contribution in [0, 0.1) is 0 Å². The molecule has 1 aromatic rings. The van der Waals surface area contributed by atoms with Crippen LogP contribution in [0.25, 0.3) is 0 Å². The molecule has 1 unspecified atom stereocenters. The molecule has 1 aromatic carbocycles. The van der Waals surface area contributed by atoms with Gasteiger partial charge in [-0.3, -0.25) is 18.0 Å². The molecule has 3 heterocycles. The Morgan fingerprint density at radius 2 is 2.10 bits per heavy atom. The summed E-state index contributed by atoms with van der Waals surface area (Å²) in [4.78, 5) is 26.2. The lowest BCUT2D eigenvalue weighted by molar-refractivity contribution is -0.114. The summed E-state index contributed by atoms with van der Waals surface area (Å²) in [5, 5.41) is 0. The van der Waals surface area contributed by atoms with Gasteiger partial charge in [-0.2, -0.15) is 8.51 Å². The highest BCUT2D eigenvalue weighted by Gasteiger charge is 2.40. The smallest absolute Gasteiger partial charge is 0.305 e. The summed E-state index contributed by atoms with van der Waals surface area (Å²) in [5.41, 5.74) is 0.426. The number of sulfonamides is 1. The number of fused-ring (bicyclic) bond motifs is 1. The molecule has 0 bridgehead atoms. The first-order valence-corrected chi connectivity index (χ1v) is 12.0. The molecule has 0 saturated carbocycles. The van der Waals surface area contributed by atoms with Gasteiger partial charge in [0.25, 0.3) is 11.7 Å². The zero-order chi connectivity index (χ0) is 21.5. The molecule has 164 valence electrons. The molecule has 30 heavy (non-hydrogen) atoms. The van der Waals surface area contributed by atoms with E-state index in [0.29, 0.717) is 31.7 Å². The van der Waals surface area contributed by atoms with Gasteiger partial charge in [0.2, 0.25) is 10.0 Å². The molecule has 3 aliphatic heterocycles. The standard InChI is InChI=1S/C18H22N2O8S2/c1-26-10-12-3-2-7-20(12)30(24,25)14-4-5-16-15(9-14)17(21)18(22)19(16)8-6-13-11-27-29(23)28-13/h4-5,9,12-13H,2-3,6-8,10-11H2,1H3/t12-,13-,29?/m0/s1. The summed E-state index contributed by atoms with van der Waals surface area (Å²) in [6, 6.07) is 3.93. The largest absolute Gasteiger partial charge is 0.383 e. The summed E-state index contributed by atoms with van der Waals surface area (Å²) in [6.45, 7) is 0.992. The monoisotopic (exact) mass is 458 g/mol. The zero-order valence-electron chi connectivity index (χ0n) is 16.3. The normalized spacial score (nSPS) is 27.2. The first-order chi connectivity index (χ1) is 14.3. The number of Topliss-reactive ketones (excluding diaryl/α,β-unsaturated/α-hetero) is 1. The minimum atomic E-state index is -3.82. The molecule has 0 aliphatic carbocycles. The minimum Gasteiger partial charge on any atom is -0.383 e. The van der Waals surface area contributed by atoms with Gasteiger partial charge in [0.1, 0.15) is 6.10 Å². The first-order valence-electron chi connectivity index (χ1n) is 9.56. The number of ketones is 1. The Labute approximate surface area is 177 Å². The van der Waals surface area contributed by atoms with Gasteiger partial charge >= 0.3 is 11.4 Å². The second kappa shape index (κ2) is 8.44. The second-order valence-electron chi connectivity index (χ2n) is 7.33. The number of hydrogen-bond donors (Lipinski definition) is 0. The lowest BCUT2D eigenvalue weighted by Crippen LogP contribution is -2.38. The van der Waals surface area contributed by atoms with Crippen molar-refractivity contribution in [2.75, 3.05) is 38.3 Å². The number of carbonyl (C=O) groups is 2. The van der Waals surface area contributed by atoms with Crippen LogP contribution in [0.4, 0.5) is 5.69 Å². The molecule has 0 aromatic heterocycles. The van der Waals surface area contributed by atoms with Crippen molar-refractivity contribution in [3.05, 3.63) is 23.8 Å². The summed E-state index contributed by atoms with van der Waals surface area (Å²) >= 11 is -1.79. The molecule has 1 amide bonds. The van der Waals surface area contributed by atoms with E-state index in [1.165, 1.54) is 34.5 Å². The number of rotatable bonds is 7. The Balaban J connectivity index is 1.56. The van der Waals surface area contributed by atoms with Crippen LogP contribution in [0.3, 0.4) is 0 Å². The van der Waals surface area contributed by atoms with E-state index in [1.54, 1.807) is 0 Å². The van der Waals surface area contributed by atoms with Crippen LogP contribution in [0.2, 0.25) is 0 Å². The van der Waals surface area contributed by atoms with Crippen molar-refractivity contribution in [2.24, 2.45) is 0 Å². The van der Waals surface area contributed by atoms with Crippen LogP contribution in [0.5, 0.6) is 0 Å². The molecule has 2 fully saturated rings. The van der Waals surface area contributed by atoms with Gasteiger partial charge in [-0.15, -0.1) is 0 Å². The molecule has 3 atom stereocenters. The topological polar surface area (TPSA) is 120 Å². The van der Waals surface area contributed by atoms with E-state index in [0.717, 1.165) is 6.42 Å². The van der Waals surface area contributed by atoms with Gasteiger partial charge in [0.15, 0.2) is 0 Å². The van der Waals surface area contributed by atoms with Gasteiger partial charge in [0.05, 0.1) is 29.4 Å². The lowest BCUT2D eigenvalue weighted by atomic mass is 10.1. The molecular formula is C18H22N2O8S2. The molecule has 0 radical (unpaired) electrons.